The zero-order chi connectivity index (χ0) is 24.9. The van der Waals surface area contributed by atoms with E-state index < -0.39 is 10.0 Å². The van der Waals surface area contributed by atoms with E-state index in [9.17, 15) is 13.2 Å². The highest BCUT2D eigenvalue weighted by Crippen LogP contribution is 2.31. The highest BCUT2D eigenvalue weighted by molar-refractivity contribution is 7.99. The third-order valence-electron chi connectivity index (χ3n) is 4.91. The molecule has 0 bridgehead atoms. The van der Waals surface area contributed by atoms with Crippen molar-refractivity contribution in [1.82, 2.24) is 14.5 Å². The molecule has 0 atom stereocenters. The van der Waals surface area contributed by atoms with Crippen LogP contribution in [-0.4, -0.2) is 54.8 Å². The van der Waals surface area contributed by atoms with E-state index in [1.54, 1.807) is 38.1 Å². The van der Waals surface area contributed by atoms with E-state index in [4.69, 9.17) is 20.8 Å². The van der Waals surface area contributed by atoms with Gasteiger partial charge < -0.3 is 14.5 Å². The molecule has 0 aliphatic rings. The molecule has 0 spiro atoms. The molecule has 12 heteroatoms. The van der Waals surface area contributed by atoms with E-state index in [2.05, 4.69) is 15.5 Å². The fraction of sp³-hybridized carbons (Fsp3) is 0.318. The third-order valence-corrected chi connectivity index (χ3v) is 8.18. The molecule has 1 amide bonds. The second kappa shape index (κ2) is 11.2. The first kappa shape index (κ1) is 26.0. The van der Waals surface area contributed by atoms with Crippen molar-refractivity contribution in [2.45, 2.75) is 30.9 Å². The number of hydrogen-bond donors (Lipinski definition) is 1. The van der Waals surface area contributed by atoms with Gasteiger partial charge in [-0.05, 0) is 36.8 Å². The minimum absolute atomic E-state index is 0.0167. The lowest BCUT2D eigenvalue weighted by Gasteiger charge is -2.18. The summed E-state index contributed by atoms with van der Waals surface area (Å²) >= 11 is 7.16. The van der Waals surface area contributed by atoms with Gasteiger partial charge in [-0.3, -0.25) is 4.79 Å². The molecule has 0 radical (unpaired) electrons. The van der Waals surface area contributed by atoms with E-state index >= 15 is 0 Å². The van der Waals surface area contributed by atoms with Crippen LogP contribution in [0.15, 0.2) is 50.9 Å². The predicted molar refractivity (Wildman–Crippen MR) is 132 cm³/mol. The molecule has 3 aromatic rings. The lowest BCUT2D eigenvalue weighted by Crippen LogP contribution is -2.30. The number of nitrogens with one attached hydrogen (secondary N) is 1. The van der Waals surface area contributed by atoms with Crippen molar-refractivity contribution in [2.75, 3.05) is 31.3 Å². The first-order valence-corrected chi connectivity index (χ1v) is 13.2. The third kappa shape index (κ3) is 5.90. The van der Waals surface area contributed by atoms with E-state index in [1.165, 1.54) is 23.5 Å². The van der Waals surface area contributed by atoms with Crippen molar-refractivity contribution in [3.8, 4) is 17.2 Å². The summed E-state index contributed by atoms with van der Waals surface area (Å²) in [7, 11) is -2.13. The Morgan fingerprint density at radius 3 is 2.62 bits per heavy atom. The van der Waals surface area contributed by atoms with Gasteiger partial charge in [0.15, 0.2) is 0 Å². The maximum atomic E-state index is 12.8. The van der Waals surface area contributed by atoms with Crippen molar-refractivity contribution in [1.29, 1.82) is 0 Å². The monoisotopic (exact) mass is 524 g/mol. The van der Waals surface area contributed by atoms with Gasteiger partial charge in [0.25, 0.3) is 5.22 Å². The van der Waals surface area contributed by atoms with Crippen LogP contribution >= 0.6 is 23.4 Å². The van der Waals surface area contributed by atoms with Gasteiger partial charge in [0.2, 0.25) is 21.8 Å². The minimum Gasteiger partial charge on any atom is -0.495 e. The van der Waals surface area contributed by atoms with E-state index in [-0.39, 0.29) is 27.7 Å². The van der Waals surface area contributed by atoms with Crippen LogP contribution in [0.25, 0.3) is 11.5 Å². The Labute approximate surface area is 207 Å². The van der Waals surface area contributed by atoms with Crippen molar-refractivity contribution in [3.05, 3.63) is 47.0 Å². The van der Waals surface area contributed by atoms with Gasteiger partial charge >= 0.3 is 0 Å². The predicted octanol–water partition coefficient (Wildman–Crippen LogP) is 4.47. The molecular weight excluding hydrogens is 500 g/mol. The van der Waals surface area contributed by atoms with Crippen LogP contribution < -0.4 is 10.1 Å². The summed E-state index contributed by atoms with van der Waals surface area (Å²) in [5.74, 6) is 0.336. The lowest BCUT2D eigenvalue weighted by atomic mass is 10.2. The van der Waals surface area contributed by atoms with Crippen LogP contribution in [0.3, 0.4) is 0 Å². The molecule has 0 saturated carbocycles. The highest BCUT2D eigenvalue weighted by Gasteiger charge is 2.23. The minimum atomic E-state index is -3.62. The zero-order valence-corrected chi connectivity index (χ0v) is 21.6. The lowest BCUT2D eigenvalue weighted by molar-refractivity contribution is -0.113. The summed E-state index contributed by atoms with van der Waals surface area (Å²) in [5.41, 5.74) is 1.78. The van der Waals surface area contributed by atoms with Crippen LogP contribution in [0, 0.1) is 6.92 Å². The van der Waals surface area contributed by atoms with Crippen LogP contribution in [-0.2, 0) is 14.8 Å². The summed E-state index contributed by atoms with van der Waals surface area (Å²) in [6.45, 7) is 6.13. The van der Waals surface area contributed by atoms with Gasteiger partial charge in [-0.15, -0.1) is 10.2 Å². The van der Waals surface area contributed by atoms with Gasteiger partial charge in [0.1, 0.15) is 5.75 Å². The first-order chi connectivity index (χ1) is 16.2. The van der Waals surface area contributed by atoms with Crippen LogP contribution in [0.5, 0.6) is 5.75 Å². The van der Waals surface area contributed by atoms with Gasteiger partial charge in [-0.1, -0.05) is 43.3 Å². The molecule has 1 N–H and O–H groups in total. The number of nitrogens with zero attached hydrogens (tertiary/aromatic N) is 3. The maximum absolute atomic E-state index is 12.8. The molecule has 182 valence electrons. The zero-order valence-electron chi connectivity index (χ0n) is 19.2. The molecule has 1 aromatic heterocycles. The van der Waals surface area contributed by atoms with Crippen LogP contribution in [0.4, 0.5) is 5.69 Å². The Hall–Kier alpha value is -2.60. The molecule has 34 heavy (non-hydrogen) atoms. The molecule has 0 fully saturated rings. The largest absolute Gasteiger partial charge is 0.495 e. The normalized spacial score (nSPS) is 11.6. The topological polar surface area (TPSA) is 115 Å². The average molecular weight is 525 g/mol. The number of anilines is 1. The summed E-state index contributed by atoms with van der Waals surface area (Å²) in [4.78, 5) is 12.6. The number of carbonyl (C=O) groups is 1. The van der Waals surface area contributed by atoms with Gasteiger partial charge in [0, 0.05) is 29.7 Å². The molecule has 1 heterocycles. The molecule has 2 aromatic carbocycles. The molecular formula is C22H25ClN4O5S2. The Morgan fingerprint density at radius 1 is 1.21 bits per heavy atom. The van der Waals surface area contributed by atoms with E-state index in [0.29, 0.717) is 35.1 Å². The number of thioether (sulfide) groups is 1. The molecule has 0 aliphatic carbocycles. The molecule has 0 saturated heterocycles. The molecule has 3 rings (SSSR count). The van der Waals surface area contributed by atoms with Crippen molar-refractivity contribution >= 4 is 45.0 Å². The summed E-state index contributed by atoms with van der Waals surface area (Å²) in [6.07, 6.45) is 0. The van der Waals surface area contributed by atoms with Crippen molar-refractivity contribution < 1.29 is 22.4 Å². The standard InChI is InChI=1S/C22H25ClN4O5S2/c1-5-27(6-2)34(29,30)16-9-7-8-15(11-16)21-25-26-22(32-21)33-13-20(28)24-18-10-14(3)17(23)12-19(18)31-4/h7-12H,5-6,13H2,1-4H3,(H,24,28). The number of aromatic nitrogens is 2. The number of carbonyl (C=O) groups excluding carboxylic acids is 1. The number of rotatable bonds is 10. The fourth-order valence-electron chi connectivity index (χ4n) is 3.13. The number of ether oxygens (including phenoxy) is 1. The number of methoxy groups -OCH3 is 1. The highest BCUT2D eigenvalue weighted by atomic mass is 35.5. The SMILES string of the molecule is CCN(CC)S(=O)(=O)c1cccc(-c2nnc(SCC(=O)Nc3cc(C)c(Cl)cc3OC)o2)c1. The van der Waals surface area contributed by atoms with E-state index in [0.717, 1.165) is 17.3 Å². The summed E-state index contributed by atoms with van der Waals surface area (Å²) < 4.78 is 37.9. The molecule has 9 nitrogen and oxygen atoms in total. The Kier molecular flexibility index (Phi) is 8.58. The number of halogens is 1. The Bertz CT molecular complexity index is 1280. The van der Waals surface area contributed by atoms with Crippen LogP contribution in [0.1, 0.15) is 19.4 Å². The fourth-order valence-corrected chi connectivity index (χ4v) is 5.35. The number of sulfonamides is 1. The molecule has 0 aliphatic heterocycles. The number of benzene rings is 2. The second-order valence-corrected chi connectivity index (χ2v) is 10.4. The maximum Gasteiger partial charge on any atom is 0.277 e. The van der Waals surface area contributed by atoms with Crippen molar-refractivity contribution in [3.63, 3.8) is 0 Å². The van der Waals surface area contributed by atoms with E-state index in [1.807, 2.05) is 6.92 Å². The van der Waals surface area contributed by atoms with Gasteiger partial charge in [-0.2, -0.15) is 4.31 Å². The van der Waals surface area contributed by atoms with Crippen LogP contribution in [0.2, 0.25) is 5.02 Å². The number of hydrogen-bond acceptors (Lipinski definition) is 8. The second-order valence-electron chi connectivity index (χ2n) is 7.13. The number of amides is 1. The Balaban J connectivity index is 1.69. The average Bonchev–Trinajstić information content (AvgIpc) is 3.30. The Morgan fingerprint density at radius 2 is 1.94 bits per heavy atom. The van der Waals surface area contributed by atoms with Gasteiger partial charge in [0.05, 0.1) is 23.4 Å². The first-order valence-electron chi connectivity index (χ1n) is 10.4. The summed E-state index contributed by atoms with van der Waals surface area (Å²) in [6, 6.07) is 9.70. The summed E-state index contributed by atoms with van der Waals surface area (Å²) in [5, 5.41) is 11.4. The molecule has 0 unspecified atom stereocenters. The van der Waals surface area contributed by atoms with Crippen molar-refractivity contribution in [2.24, 2.45) is 0 Å². The van der Waals surface area contributed by atoms with Gasteiger partial charge in [-0.25, -0.2) is 8.42 Å². The number of aryl methyl sites for hydroxylation is 1. The smallest absolute Gasteiger partial charge is 0.277 e. The quantitative estimate of drug-likeness (QED) is 0.386.